The molecule has 0 saturated carbocycles. The fourth-order valence-electron chi connectivity index (χ4n) is 1.30. The highest BCUT2D eigenvalue weighted by molar-refractivity contribution is 6.33. The van der Waals surface area contributed by atoms with Gasteiger partial charge in [0.15, 0.2) is 0 Å². The van der Waals surface area contributed by atoms with E-state index in [-0.39, 0.29) is 0 Å². The summed E-state index contributed by atoms with van der Waals surface area (Å²) in [6.45, 7) is 0. The first-order chi connectivity index (χ1) is 8.29. The zero-order valence-corrected chi connectivity index (χ0v) is 10.1. The number of methoxy groups -OCH3 is 1. The summed E-state index contributed by atoms with van der Waals surface area (Å²) in [6.07, 6.45) is 0. The topological polar surface area (TPSA) is 34.0 Å². The summed E-state index contributed by atoms with van der Waals surface area (Å²) >= 11 is 6.04. The maximum absolute atomic E-state index is 6.04. The summed E-state index contributed by atoms with van der Waals surface area (Å²) in [5.74, 6) is 0.702. The molecule has 2 rings (SSSR count). The number of halogens is 1. The van der Waals surface area contributed by atoms with E-state index < -0.39 is 0 Å². The summed E-state index contributed by atoms with van der Waals surface area (Å²) in [6, 6.07) is 14.8. The molecule has 0 saturated heterocycles. The molecule has 0 radical (unpaired) electrons. The molecule has 0 unspecified atom stereocenters. The van der Waals surface area contributed by atoms with Crippen molar-refractivity contribution in [1.82, 2.24) is 0 Å². The van der Waals surface area contributed by atoms with Gasteiger partial charge in [-0.15, -0.1) is 5.11 Å². The van der Waals surface area contributed by atoms with Crippen LogP contribution in [0.2, 0.25) is 5.02 Å². The minimum Gasteiger partial charge on any atom is -0.497 e. The Hall–Kier alpha value is -1.87. The monoisotopic (exact) mass is 246 g/mol. The van der Waals surface area contributed by atoms with Gasteiger partial charge in [0.1, 0.15) is 11.4 Å². The van der Waals surface area contributed by atoms with E-state index in [0.717, 1.165) is 5.69 Å². The summed E-state index contributed by atoms with van der Waals surface area (Å²) in [5.41, 5.74) is 1.41. The zero-order chi connectivity index (χ0) is 12.1. The lowest BCUT2D eigenvalue weighted by Crippen LogP contribution is -1.81. The van der Waals surface area contributed by atoms with Crippen LogP contribution in [0.1, 0.15) is 0 Å². The highest BCUT2D eigenvalue weighted by Crippen LogP contribution is 2.30. The first kappa shape index (κ1) is 11.6. The highest BCUT2D eigenvalue weighted by atomic mass is 35.5. The molecular weight excluding hydrogens is 236 g/mol. The second kappa shape index (κ2) is 5.46. The van der Waals surface area contributed by atoms with Crippen molar-refractivity contribution < 1.29 is 4.74 Å². The molecule has 0 aliphatic rings. The van der Waals surface area contributed by atoms with Crippen LogP contribution in [-0.4, -0.2) is 7.11 Å². The summed E-state index contributed by atoms with van der Waals surface area (Å²) in [4.78, 5) is 0. The van der Waals surface area contributed by atoms with Gasteiger partial charge in [0.25, 0.3) is 0 Å². The number of nitrogens with zero attached hydrogens (tertiary/aromatic N) is 2. The van der Waals surface area contributed by atoms with Gasteiger partial charge in [0.05, 0.1) is 17.8 Å². The second-order valence-electron chi connectivity index (χ2n) is 3.35. The predicted octanol–water partition coefficient (Wildman–Crippen LogP) is 4.76. The Balaban J connectivity index is 2.22. The standard InChI is InChI=1S/C13H11ClN2O/c1-17-11-7-8-13(12(14)9-11)16-15-10-5-3-2-4-6-10/h2-9H,1H3. The lowest BCUT2D eigenvalue weighted by Gasteiger charge is -2.01. The lowest BCUT2D eigenvalue weighted by atomic mass is 10.3. The molecule has 2 aromatic rings. The van der Waals surface area contributed by atoms with E-state index in [4.69, 9.17) is 16.3 Å². The molecule has 4 heteroatoms. The Labute approximate surface area is 105 Å². The molecule has 86 valence electrons. The largest absolute Gasteiger partial charge is 0.497 e. The van der Waals surface area contributed by atoms with Crippen molar-refractivity contribution in [3.8, 4) is 5.75 Å². The fraction of sp³-hybridized carbons (Fsp3) is 0.0769. The van der Waals surface area contributed by atoms with Crippen molar-refractivity contribution in [1.29, 1.82) is 0 Å². The van der Waals surface area contributed by atoms with Crippen molar-refractivity contribution in [2.45, 2.75) is 0 Å². The highest BCUT2D eigenvalue weighted by Gasteiger charge is 2.00. The maximum atomic E-state index is 6.04. The van der Waals surface area contributed by atoms with Gasteiger partial charge in [-0.05, 0) is 24.3 Å². The summed E-state index contributed by atoms with van der Waals surface area (Å²) in [7, 11) is 1.59. The Morgan fingerprint density at radius 2 is 1.76 bits per heavy atom. The average Bonchev–Trinajstić information content (AvgIpc) is 2.38. The van der Waals surface area contributed by atoms with Gasteiger partial charge in [-0.2, -0.15) is 5.11 Å². The first-order valence-corrected chi connectivity index (χ1v) is 5.48. The second-order valence-corrected chi connectivity index (χ2v) is 3.76. The van der Waals surface area contributed by atoms with Gasteiger partial charge in [0.2, 0.25) is 0 Å². The van der Waals surface area contributed by atoms with Crippen LogP contribution in [0, 0.1) is 0 Å². The van der Waals surface area contributed by atoms with Crippen LogP contribution in [0.25, 0.3) is 0 Å². The van der Waals surface area contributed by atoms with Crippen molar-refractivity contribution in [3.63, 3.8) is 0 Å². The number of azo groups is 1. The molecule has 0 fully saturated rings. The SMILES string of the molecule is COc1ccc(N=Nc2ccccc2)c(Cl)c1. The molecule has 0 spiro atoms. The van der Waals surface area contributed by atoms with Crippen molar-refractivity contribution in [2.75, 3.05) is 7.11 Å². The summed E-state index contributed by atoms with van der Waals surface area (Å²) in [5, 5.41) is 8.70. The van der Waals surface area contributed by atoms with Gasteiger partial charge >= 0.3 is 0 Å². The van der Waals surface area contributed by atoms with Crippen molar-refractivity contribution >= 4 is 23.0 Å². The third-order valence-corrected chi connectivity index (χ3v) is 2.49. The molecule has 0 aliphatic carbocycles. The quantitative estimate of drug-likeness (QED) is 0.719. The number of ether oxygens (including phenoxy) is 1. The lowest BCUT2D eigenvalue weighted by molar-refractivity contribution is 0.415. The number of hydrogen-bond acceptors (Lipinski definition) is 3. The van der Waals surface area contributed by atoms with Crippen LogP contribution in [0.4, 0.5) is 11.4 Å². The van der Waals surface area contributed by atoms with Gasteiger partial charge in [-0.25, -0.2) is 0 Å². The van der Waals surface area contributed by atoms with E-state index in [2.05, 4.69) is 10.2 Å². The van der Waals surface area contributed by atoms with Gasteiger partial charge < -0.3 is 4.74 Å². The van der Waals surface area contributed by atoms with Crippen molar-refractivity contribution in [3.05, 3.63) is 53.6 Å². The summed E-state index contributed by atoms with van der Waals surface area (Å²) < 4.78 is 5.06. The van der Waals surface area contributed by atoms with E-state index in [9.17, 15) is 0 Å². The fourth-order valence-corrected chi connectivity index (χ4v) is 1.51. The molecule has 3 nitrogen and oxygen atoms in total. The zero-order valence-electron chi connectivity index (χ0n) is 9.30. The Morgan fingerprint density at radius 1 is 1.00 bits per heavy atom. The van der Waals surface area contributed by atoms with Gasteiger partial charge in [0, 0.05) is 6.07 Å². The molecule has 17 heavy (non-hydrogen) atoms. The molecular formula is C13H11ClN2O. The van der Waals surface area contributed by atoms with Crippen LogP contribution in [0.5, 0.6) is 5.75 Å². The Bertz CT molecular complexity index is 526. The molecule has 0 aromatic heterocycles. The van der Waals surface area contributed by atoms with E-state index in [1.54, 1.807) is 25.3 Å². The number of rotatable bonds is 3. The molecule has 0 N–H and O–H groups in total. The minimum atomic E-state index is 0.518. The predicted molar refractivity (Wildman–Crippen MR) is 68.6 cm³/mol. The number of benzene rings is 2. The van der Waals surface area contributed by atoms with E-state index in [1.165, 1.54) is 0 Å². The first-order valence-electron chi connectivity index (χ1n) is 5.10. The number of hydrogen-bond donors (Lipinski definition) is 0. The molecule has 0 amide bonds. The third kappa shape index (κ3) is 3.04. The molecule has 0 heterocycles. The smallest absolute Gasteiger partial charge is 0.120 e. The molecule has 0 aliphatic heterocycles. The third-order valence-electron chi connectivity index (χ3n) is 2.18. The Morgan fingerprint density at radius 3 is 2.41 bits per heavy atom. The molecule has 0 bridgehead atoms. The normalized spacial score (nSPS) is 10.7. The van der Waals surface area contributed by atoms with Crippen LogP contribution < -0.4 is 4.74 Å². The average molecular weight is 247 g/mol. The van der Waals surface area contributed by atoms with E-state index in [1.807, 2.05) is 30.3 Å². The van der Waals surface area contributed by atoms with Crippen LogP contribution in [0.15, 0.2) is 58.8 Å². The van der Waals surface area contributed by atoms with Gasteiger partial charge in [-0.1, -0.05) is 29.8 Å². The van der Waals surface area contributed by atoms with Crippen LogP contribution in [-0.2, 0) is 0 Å². The van der Waals surface area contributed by atoms with Gasteiger partial charge in [-0.3, -0.25) is 0 Å². The molecule has 0 atom stereocenters. The Kier molecular flexibility index (Phi) is 3.73. The molecule has 2 aromatic carbocycles. The van der Waals surface area contributed by atoms with E-state index >= 15 is 0 Å². The van der Waals surface area contributed by atoms with Crippen LogP contribution >= 0.6 is 11.6 Å². The minimum absolute atomic E-state index is 0.518. The van der Waals surface area contributed by atoms with Crippen molar-refractivity contribution in [2.24, 2.45) is 10.2 Å². The van der Waals surface area contributed by atoms with E-state index in [0.29, 0.717) is 16.5 Å². The maximum Gasteiger partial charge on any atom is 0.120 e. The van der Waals surface area contributed by atoms with Crippen LogP contribution in [0.3, 0.4) is 0 Å².